The van der Waals surface area contributed by atoms with E-state index in [1.807, 2.05) is 18.0 Å². The van der Waals surface area contributed by atoms with Gasteiger partial charge in [0.1, 0.15) is 4.60 Å². The molecule has 1 aliphatic rings. The van der Waals surface area contributed by atoms with E-state index >= 15 is 0 Å². The summed E-state index contributed by atoms with van der Waals surface area (Å²) in [6, 6.07) is 3.98. The molecule has 1 fully saturated rings. The Bertz CT molecular complexity index is 463. The second-order valence-electron chi connectivity index (χ2n) is 6.15. The summed E-state index contributed by atoms with van der Waals surface area (Å²) in [6.07, 6.45) is 6.23. The van der Waals surface area contributed by atoms with Crippen molar-refractivity contribution in [1.82, 2.24) is 9.88 Å². The maximum atomic E-state index is 12.5. The quantitative estimate of drug-likeness (QED) is 0.773. The summed E-state index contributed by atoms with van der Waals surface area (Å²) < 4.78 is 0.628. The summed E-state index contributed by atoms with van der Waals surface area (Å²) in [5.41, 5.74) is 1.07. The molecule has 0 aromatic carbocycles. The normalized spacial score (nSPS) is 19.2. The average Bonchev–Trinajstić information content (AvgIpc) is 2.38. The SMILES string of the molecule is CN(C(=O)c1cccnc1Br)C1CCC(C)(C)CC1. The molecule has 1 amide bonds. The van der Waals surface area contributed by atoms with Crippen molar-refractivity contribution >= 4 is 21.8 Å². The minimum absolute atomic E-state index is 0.0599. The summed E-state index contributed by atoms with van der Waals surface area (Å²) in [6.45, 7) is 4.62. The van der Waals surface area contributed by atoms with Crippen LogP contribution in [-0.2, 0) is 0 Å². The van der Waals surface area contributed by atoms with Crippen molar-refractivity contribution in [3.8, 4) is 0 Å². The lowest BCUT2D eigenvalue weighted by Gasteiger charge is -2.38. The van der Waals surface area contributed by atoms with Crippen molar-refractivity contribution in [2.45, 2.75) is 45.6 Å². The molecule has 0 radical (unpaired) electrons. The molecule has 1 saturated carbocycles. The third-order valence-electron chi connectivity index (χ3n) is 4.17. The van der Waals surface area contributed by atoms with E-state index in [1.54, 1.807) is 12.3 Å². The molecular weight excluding hydrogens is 304 g/mol. The average molecular weight is 325 g/mol. The first-order valence-electron chi connectivity index (χ1n) is 6.78. The van der Waals surface area contributed by atoms with Gasteiger partial charge in [-0.25, -0.2) is 4.98 Å². The number of rotatable bonds is 2. The zero-order chi connectivity index (χ0) is 14.0. The lowest BCUT2D eigenvalue weighted by Crippen LogP contribution is -2.41. The lowest BCUT2D eigenvalue weighted by molar-refractivity contribution is 0.0634. The van der Waals surface area contributed by atoms with E-state index in [1.165, 1.54) is 12.8 Å². The van der Waals surface area contributed by atoms with Gasteiger partial charge in [0.25, 0.3) is 5.91 Å². The van der Waals surface area contributed by atoms with Crippen LogP contribution in [0.15, 0.2) is 22.9 Å². The van der Waals surface area contributed by atoms with Gasteiger partial charge in [-0.1, -0.05) is 13.8 Å². The first-order chi connectivity index (χ1) is 8.91. The Morgan fingerprint density at radius 2 is 2.05 bits per heavy atom. The lowest BCUT2D eigenvalue weighted by atomic mass is 9.75. The summed E-state index contributed by atoms with van der Waals surface area (Å²) in [5.74, 6) is 0.0599. The Hall–Kier alpha value is -0.900. The Morgan fingerprint density at radius 1 is 1.42 bits per heavy atom. The van der Waals surface area contributed by atoms with Crippen LogP contribution in [0.3, 0.4) is 0 Å². The summed E-state index contributed by atoms with van der Waals surface area (Å²) in [5, 5.41) is 0. The maximum absolute atomic E-state index is 12.5. The molecule has 1 aromatic rings. The van der Waals surface area contributed by atoms with Crippen LogP contribution in [0.5, 0.6) is 0 Å². The van der Waals surface area contributed by atoms with Crippen LogP contribution < -0.4 is 0 Å². The van der Waals surface area contributed by atoms with Crippen LogP contribution in [-0.4, -0.2) is 28.9 Å². The molecule has 0 saturated heterocycles. The molecule has 0 bridgehead atoms. The van der Waals surface area contributed by atoms with E-state index in [4.69, 9.17) is 0 Å². The van der Waals surface area contributed by atoms with Crippen LogP contribution in [0.2, 0.25) is 0 Å². The predicted molar refractivity (Wildman–Crippen MR) is 80.1 cm³/mol. The number of pyridine rings is 1. The fourth-order valence-corrected chi connectivity index (χ4v) is 3.09. The molecule has 19 heavy (non-hydrogen) atoms. The zero-order valence-corrected chi connectivity index (χ0v) is 13.4. The van der Waals surface area contributed by atoms with Crippen molar-refractivity contribution in [2.24, 2.45) is 5.41 Å². The monoisotopic (exact) mass is 324 g/mol. The predicted octanol–water partition coefficient (Wildman–Crippen LogP) is 3.88. The minimum atomic E-state index is 0.0599. The van der Waals surface area contributed by atoms with E-state index in [-0.39, 0.29) is 5.91 Å². The molecule has 4 heteroatoms. The van der Waals surface area contributed by atoms with Crippen LogP contribution in [0, 0.1) is 5.41 Å². The van der Waals surface area contributed by atoms with Crippen molar-refractivity contribution < 1.29 is 4.79 Å². The number of carbonyl (C=O) groups is 1. The second kappa shape index (κ2) is 5.61. The molecule has 0 N–H and O–H groups in total. The van der Waals surface area contributed by atoms with Gasteiger partial charge in [0, 0.05) is 19.3 Å². The van der Waals surface area contributed by atoms with E-state index in [0.29, 0.717) is 21.6 Å². The van der Waals surface area contributed by atoms with Gasteiger partial charge in [-0.3, -0.25) is 4.79 Å². The summed E-state index contributed by atoms with van der Waals surface area (Å²) in [4.78, 5) is 18.5. The van der Waals surface area contributed by atoms with Crippen LogP contribution in [0.1, 0.15) is 49.9 Å². The molecule has 1 aromatic heterocycles. The highest BCUT2D eigenvalue weighted by Gasteiger charge is 2.31. The molecule has 3 nitrogen and oxygen atoms in total. The molecule has 0 spiro atoms. The number of nitrogens with zero attached hydrogens (tertiary/aromatic N) is 2. The van der Waals surface area contributed by atoms with Crippen molar-refractivity contribution in [3.63, 3.8) is 0 Å². The second-order valence-corrected chi connectivity index (χ2v) is 6.90. The number of aromatic nitrogens is 1. The molecule has 0 atom stereocenters. The Morgan fingerprint density at radius 3 is 2.63 bits per heavy atom. The highest BCUT2D eigenvalue weighted by atomic mass is 79.9. The highest BCUT2D eigenvalue weighted by molar-refractivity contribution is 9.10. The third-order valence-corrected chi connectivity index (χ3v) is 4.80. The maximum Gasteiger partial charge on any atom is 0.256 e. The number of halogens is 1. The third kappa shape index (κ3) is 3.35. The molecule has 0 aliphatic heterocycles. The smallest absolute Gasteiger partial charge is 0.256 e. The van der Waals surface area contributed by atoms with E-state index in [9.17, 15) is 4.79 Å². The van der Waals surface area contributed by atoms with Crippen molar-refractivity contribution in [1.29, 1.82) is 0 Å². The van der Waals surface area contributed by atoms with Gasteiger partial charge >= 0.3 is 0 Å². The number of hydrogen-bond donors (Lipinski definition) is 0. The van der Waals surface area contributed by atoms with Crippen LogP contribution >= 0.6 is 15.9 Å². The van der Waals surface area contributed by atoms with Gasteiger partial charge in [-0.2, -0.15) is 0 Å². The fourth-order valence-electron chi connectivity index (χ4n) is 2.67. The fraction of sp³-hybridized carbons (Fsp3) is 0.600. The molecule has 2 rings (SSSR count). The largest absolute Gasteiger partial charge is 0.339 e. The zero-order valence-electron chi connectivity index (χ0n) is 11.8. The molecule has 0 unspecified atom stereocenters. The van der Waals surface area contributed by atoms with Gasteiger partial charge in [0.2, 0.25) is 0 Å². The Balaban J connectivity index is 2.06. The molecule has 1 heterocycles. The van der Waals surface area contributed by atoms with Gasteiger partial charge in [0.05, 0.1) is 5.56 Å². The van der Waals surface area contributed by atoms with Gasteiger partial charge in [-0.05, 0) is 59.2 Å². The first-order valence-corrected chi connectivity index (χ1v) is 7.58. The summed E-state index contributed by atoms with van der Waals surface area (Å²) in [7, 11) is 1.91. The number of hydrogen-bond acceptors (Lipinski definition) is 2. The summed E-state index contributed by atoms with van der Waals surface area (Å²) >= 11 is 3.35. The standard InChI is InChI=1S/C15H21BrN2O/c1-15(2)8-6-11(7-9-15)18(3)14(19)12-5-4-10-17-13(12)16/h4-5,10-11H,6-9H2,1-3H3. The first kappa shape index (κ1) is 14.5. The topological polar surface area (TPSA) is 33.2 Å². The highest BCUT2D eigenvalue weighted by Crippen LogP contribution is 2.37. The van der Waals surface area contributed by atoms with Gasteiger partial charge in [-0.15, -0.1) is 0 Å². The van der Waals surface area contributed by atoms with Gasteiger partial charge in [0.15, 0.2) is 0 Å². The van der Waals surface area contributed by atoms with Crippen LogP contribution in [0.4, 0.5) is 0 Å². The van der Waals surface area contributed by atoms with Crippen molar-refractivity contribution in [3.05, 3.63) is 28.5 Å². The minimum Gasteiger partial charge on any atom is -0.339 e. The van der Waals surface area contributed by atoms with Crippen molar-refractivity contribution in [2.75, 3.05) is 7.05 Å². The van der Waals surface area contributed by atoms with E-state index < -0.39 is 0 Å². The number of amides is 1. The van der Waals surface area contributed by atoms with Gasteiger partial charge < -0.3 is 4.90 Å². The Kier molecular flexibility index (Phi) is 4.29. The molecule has 1 aliphatic carbocycles. The van der Waals surface area contributed by atoms with E-state index in [2.05, 4.69) is 34.8 Å². The van der Waals surface area contributed by atoms with E-state index in [0.717, 1.165) is 12.8 Å². The molecular formula is C15H21BrN2O. The van der Waals surface area contributed by atoms with Crippen LogP contribution in [0.25, 0.3) is 0 Å². The Labute approximate surface area is 123 Å². The number of carbonyl (C=O) groups excluding carboxylic acids is 1. The molecule has 104 valence electrons.